The summed E-state index contributed by atoms with van der Waals surface area (Å²) in [6.45, 7) is 13.2. The minimum absolute atomic E-state index is 0.133. The van der Waals surface area contributed by atoms with Gasteiger partial charge in [-0.3, -0.25) is 4.79 Å². The highest BCUT2D eigenvalue weighted by Crippen LogP contribution is 2.13. The van der Waals surface area contributed by atoms with E-state index in [0.717, 1.165) is 12.8 Å². The fourth-order valence-electron chi connectivity index (χ4n) is 4.90. The fraction of sp³-hybridized carbons (Fsp3) is 0.927. The SMILES string of the molecule is C#CCOCCOCCOCCOCCOCCOCCOCCOCCOCCOCCOCCOC(=O)CCCCCCCCCCCCCCC. The Labute approximate surface area is 328 Å². The molecule has 0 aliphatic rings. The maximum absolute atomic E-state index is 11.9. The predicted octanol–water partition coefficient (Wildman–Crippen LogP) is 5.83. The molecule has 0 amide bonds. The molecule has 0 aliphatic carbocycles. The summed E-state index contributed by atoms with van der Waals surface area (Å²) in [4.78, 5) is 11.9. The van der Waals surface area contributed by atoms with Crippen molar-refractivity contribution in [1.29, 1.82) is 0 Å². The summed E-state index contributed by atoms with van der Waals surface area (Å²) in [5.74, 6) is 2.27. The van der Waals surface area contributed by atoms with Crippen LogP contribution in [0.5, 0.6) is 0 Å². The third-order valence-electron chi connectivity index (χ3n) is 7.88. The van der Waals surface area contributed by atoms with E-state index in [1.165, 1.54) is 70.6 Å². The highest BCUT2D eigenvalue weighted by Gasteiger charge is 2.03. The van der Waals surface area contributed by atoms with E-state index < -0.39 is 0 Å². The summed E-state index contributed by atoms with van der Waals surface area (Å²) in [6.07, 6.45) is 22.4. The van der Waals surface area contributed by atoms with Crippen LogP contribution in [0.4, 0.5) is 0 Å². The van der Waals surface area contributed by atoms with Crippen LogP contribution in [0, 0.1) is 12.3 Å². The fourth-order valence-corrected chi connectivity index (χ4v) is 4.90. The first-order valence-corrected chi connectivity index (χ1v) is 20.8. The van der Waals surface area contributed by atoms with Gasteiger partial charge in [0.2, 0.25) is 0 Å². The second-order valence-electron chi connectivity index (χ2n) is 12.6. The average molecular weight is 779 g/mol. The van der Waals surface area contributed by atoms with Crippen molar-refractivity contribution in [3.8, 4) is 12.3 Å². The van der Waals surface area contributed by atoms with Crippen molar-refractivity contribution in [2.45, 2.75) is 96.8 Å². The molecule has 0 saturated heterocycles. The zero-order chi connectivity index (χ0) is 38.9. The van der Waals surface area contributed by atoms with Gasteiger partial charge in [0, 0.05) is 6.42 Å². The van der Waals surface area contributed by atoms with E-state index in [-0.39, 0.29) is 12.6 Å². The van der Waals surface area contributed by atoms with E-state index in [0.29, 0.717) is 152 Å². The van der Waals surface area contributed by atoms with Crippen LogP contribution < -0.4 is 0 Å². The molecule has 0 rings (SSSR count). The van der Waals surface area contributed by atoms with Gasteiger partial charge in [0.05, 0.1) is 139 Å². The first-order valence-electron chi connectivity index (χ1n) is 20.8. The standard InChI is InChI=1S/C41H78O13/c1-3-5-6-7-8-9-10-11-12-13-14-15-16-17-41(42)54-40-39-53-38-37-52-36-35-51-34-33-50-32-31-49-30-29-48-28-27-47-26-25-46-24-23-45-22-21-44-20-19-43-18-4-2/h2H,3,5-40H2,1H3. The third kappa shape index (κ3) is 48.6. The van der Waals surface area contributed by atoms with Crippen LogP contribution in [0.3, 0.4) is 0 Å². The van der Waals surface area contributed by atoms with Gasteiger partial charge in [-0.1, -0.05) is 89.9 Å². The second kappa shape index (κ2) is 49.6. The Kier molecular flexibility index (Phi) is 48.3. The van der Waals surface area contributed by atoms with E-state index in [2.05, 4.69) is 12.8 Å². The maximum atomic E-state index is 11.9. The number of rotatable bonds is 48. The third-order valence-corrected chi connectivity index (χ3v) is 7.88. The number of ether oxygens (including phenoxy) is 12. The van der Waals surface area contributed by atoms with E-state index in [1.54, 1.807) is 0 Å². The molecule has 13 heteroatoms. The highest BCUT2D eigenvalue weighted by atomic mass is 16.6. The van der Waals surface area contributed by atoms with E-state index in [1.807, 2.05) is 0 Å². The quantitative estimate of drug-likeness (QED) is 0.0418. The zero-order valence-electron chi connectivity index (χ0n) is 34.0. The summed E-state index contributed by atoms with van der Waals surface area (Å²) in [6, 6.07) is 0. The lowest BCUT2D eigenvalue weighted by Gasteiger charge is -2.09. The van der Waals surface area contributed by atoms with Gasteiger partial charge in [0.15, 0.2) is 0 Å². The zero-order valence-corrected chi connectivity index (χ0v) is 34.0. The van der Waals surface area contributed by atoms with Crippen LogP contribution in [0.2, 0.25) is 0 Å². The van der Waals surface area contributed by atoms with E-state index >= 15 is 0 Å². The normalized spacial score (nSPS) is 11.3. The summed E-state index contributed by atoms with van der Waals surface area (Å²) < 4.78 is 65.0. The van der Waals surface area contributed by atoms with Gasteiger partial charge in [-0.05, 0) is 6.42 Å². The monoisotopic (exact) mass is 779 g/mol. The van der Waals surface area contributed by atoms with Crippen molar-refractivity contribution in [1.82, 2.24) is 0 Å². The molecule has 13 nitrogen and oxygen atoms in total. The Hall–Kier alpha value is -1.41. The summed E-state index contributed by atoms with van der Waals surface area (Å²) in [5.41, 5.74) is 0. The number of hydrogen-bond acceptors (Lipinski definition) is 13. The van der Waals surface area contributed by atoms with Crippen molar-refractivity contribution in [2.24, 2.45) is 0 Å². The lowest BCUT2D eigenvalue weighted by Crippen LogP contribution is -2.15. The number of carbonyl (C=O) groups is 1. The first-order chi connectivity index (χ1) is 26.8. The van der Waals surface area contributed by atoms with Crippen LogP contribution in [-0.4, -0.2) is 158 Å². The molecular formula is C41H78O13. The molecule has 0 N–H and O–H groups in total. The van der Waals surface area contributed by atoms with Crippen LogP contribution in [0.1, 0.15) is 96.8 Å². The molecule has 0 radical (unpaired) electrons. The summed E-state index contributed by atoms with van der Waals surface area (Å²) in [7, 11) is 0. The van der Waals surface area contributed by atoms with Gasteiger partial charge in [-0.25, -0.2) is 0 Å². The Morgan fingerprint density at radius 1 is 0.352 bits per heavy atom. The average Bonchev–Trinajstić information content (AvgIpc) is 3.18. The van der Waals surface area contributed by atoms with Gasteiger partial charge in [-0.15, -0.1) is 6.42 Å². The molecule has 0 saturated carbocycles. The number of esters is 1. The molecule has 0 aromatic carbocycles. The van der Waals surface area contributed by atoms with Gasteiger partial charge >= 0.3 is 5.97 Å². The van der Waals surface area contributed by atoms with Crippen molar-refractivity contribution >= 4 is 5.97 Å². The topological polar surface area (TPSA) is 128 Å². The van der Waals surface area contributed by atoms with Gasteiger partial charge in [0.1, 0.15) is 13.2 Å². The van der Waals surface area contributed by atoms with Crippen LogP contribution in [0.15, 0.2) is 0 Å². The van der Waals surface area contributed by atoms with Crippen molar-refractivity contribution in [2.75, 3.05) is 152 Å². The van der Waals surface area contributed by atoms with Gasteiger partial charge < -0.3 is 56.8 Å². The largest absolute Gasteiger partial charge is 0.463 e. The second-order valence-corrected chi connectivity index (χ2v) is 12.6. The molecule has 0 spiro atoms. The van der Waals surface area contributed by atoms with E-state index in [4.69, 9.17) is 63.3 Å². The predicted molar refractivity (Wildman–Crippen MR) is 209 cm³/mol. The molecule has 0 unspecified atom stereocenters. The Balaban J connectivity index is 3.12. The Morgan fingerprint density at radius 2 is 0.593 bits per heavy atom. The molecular weight excluding hydrogens is 700 g/mol. The molecule has 320 valence electrons. The number of hydrogen-bond donors (Lipinski definition) is 0. The van der Waals surface area contributed by atoms with Crippen molar-refractivity contribution in [3.05, 3.63) is 0 Å². The van der Waals surface area contributed by atoms with Crippen LogP contribution >= 0.6 is 0 Å². The number of carbonyl (C=O) groups excluding carboxylic acids is 1. The Bertz CT molecular complexity index is 753. The molecule has 0 bridgehead atoms. The smallest absolute Gasteiger partial charge is 0.305 e. The molecule has 0 aliphatic heterocycles. The highest BCUT2D eigenvalue weighted by molar-refractivity contribution is 5.69. The van der Waals surface area contributed by atoms with Gasteiger partial charge in [-0.2, -0.15) is 0 Å². The lowest BCUT2D eigenvalue weighted by atomic mass is 10.0. The summed E-state index contributed by atoms with van der Waals surface area (Å²) in [5, 5.41) is 0. The first kappa shape index (κ1) is 52.6. The molecule has 0 aromatic rings. The van der Waals surface area contributed by atoms with Gasteiger partial charge in [0.25, 0.3) is 0 Å². The Morgan fingerprint density at radius 3 is 0.870 bits per heavy atom. The van der Waals surface area contributed by atoms with Crippen molar-refractivity contribution < 1.29 is 61.6 Å². The van der Waals surface area contributed by atoms with Crippen LogP contribution in [-0.2, 0) is 61.6 Å². The minimum Gasteiger partial charge on any atom is -0.463 e. The molecule has 54 heavy (non-hydrogen) atoms. The molecule has 0 aromatic heterocycles. The molecule has 0 atom stereocenters. The molecule has 0 heterocycles. The van der Waals surface area contributed by atoms with Crippen LogP contribution in [0.25, 0.3) is 0 Å². The molecule has 0 fully saturated rings. The number of unbranched alkanes of at least 4 members (excludes halogenated alkanes) is 12. The summed E-state index contributed by atoms with van der Waals surface area (Å²) >= 11 is 0. The van der Waals surface area contributed by atoms with Crippen molar-refractivity contribution in [3.63, 3.8) is 0 Å². The lowest BCUT2D eigenvalue weighted by molar-refractivity contribution is -0.145. The maximum Gasteiger partial charge on any atom is 0.305 e. The van der Waals surface area contributed by atoms with E-state index in [9.17, 15) is 4.79 Å². The minimum atomic E-state index is -0.133. The number of terminal acetylenes is 1.